The second kappa shape index (κ2) is 7.64. The van der Waals surface area contributed by atoms with E-state index in [1.165, 1.54) is 0 Å². The fourth-order valence-electron chi connectivity index (χ4n) is 1.66. The largest absolute Gasteiger partial charge is 0.464 e. The molecule has 0 saturated carbocycles. The second-order valence-corrected chi connectivity index (χ2v) is 5.85. The SMILES string of the molecule is CCOCCCNS(=O)(=O)c1cc(CNC)oc1C. The number of hydrogen-bond donors (Lipinski definition) is 2. The first-order chi connectivity index (χ1) is 9.01. The van der Waals surface area contributed by atoms with Crippen molar-refractivity contribution in [1.82, 2.24) is 10.0 Å². The summed E-state index contributed by atoms with van der Waals surface area (Å²) in [6, 6.07) is 1.55. The van der Waals surface area contributed by atoms with Gasteiger partial charge in [0.15, 0.2) is 0 Å². The standard InChI is InChI=1S/C12H22N2O4S/c1-4-17-7-5-6-14-19(15,16)12-8-11(9-13-3)18-10(12)2/h8,13-14H,4-7,9H2,1-3H3. The van der Waals surface area contributed by atoms with Crippen molar-refractivity contribution in [3.05, 3.63) is 17.6 Å². The highest BCUT2D eigenvalue weighted by Gasteiger charge is 2.20. The molecule has 1 rings (SSSR count). The van der Waals surface area contributed by atoms with Crippen LogP contribution in [0.15, 0.2) is 15.4 Å². The molecule has 0 aromatic carbocycles. The van der Waals surface area contributed by atoms with Crippen LogP contribution < -0.4 is 10.0 Å². The molecule has 6 nitrogen and oxygen atoms in total. The van der Waals surface area contributed by atoms with Crippen LogP contribution >= 0.6 is 0 Å². The van der Waals surface area contributed by atoms with Crippen LogP contribution in [0.3, 0.4) is 0 Å². The Balaban J connectivity index is 2.61. The van der Waals surface area contributed by atoms with Gasteiger partial charge in [-0.25, -0.2) is 13.1 Å². The molecule has 0 amide bonds. The third-order valence-electron chi connectivity index (χ3n) is 2.53. The number of aryl methyl sites for hydroxylation is 1. The van der Waals surface area contributed by atoms with Crippen LogP contribution in [-0.4, -0.2) is 35.2 Å². The Kier molecular flexibility index (Phi) is 6.50. The van der Waals surface area contributed by atoms with Gasteiger partial charge in [0.1, 0.15) is 16.4 Å². The van der Waals surface area contributed by atoms with Crippen molar-refractivity contribution in [1.29, 1.82) is 0 Å². The van der Waals surface area contributed by atoms with E-state index in [4.69, 9.17) is 9.15 Å². The maximum Gasteiger partial charge on any atom is 0.244 e. The molecular weight excluding hydrogens is 268 g/mol. The van der Waals surface area contributed by atoms with Crippen LogP contribution in [-0.2, 0) is 21.3 Å². The van der Waals surface area contributed by atoms with Crippen molar-refractivity contribution in [3.63, 3.8) is 0 Å². The van der Waals surface area contributed by atoms with Gasteiger partial charge in [0, 0.05) is 25.8 Å². The molecule has 7 heteroatoms. The number of rotatable bonds is 9. The number of sulfonamides is 1. The topological polar surface area (TPSA) is 80.6 Å². The Morgan fingerprint density at radius 1 is 1.42 bits per heavy atom. The third-order valence-corrected chi connectivity index (χ3v) is 4.09. The molecule has 0 fully saturated rings. The van der Waals surface area contributed by atoms with Crippen LogP contribution in [0.2, 0.25) is 0 Å². The van der Waals surface area contributed by atoms with Crippen molar-refractivity contribution >= 4 is 10.0 Å². The maximum absolute atomic E-state index is 12.1. The van der Waals surface area contributed by atoms with E-state index in [9.17, 15) is 8.42 Å². The molecule has 1 aromatic rings. The molecule has 0 aliphatic carbocycles. The van der Waals surface area contributed by atoms with Crippen molar-refractivity contribution in [3.8, 4) is 0 Å². The molecule has 0 aliphatic heterocycles. The minimum Gasteiger partial charge on any atom is -0.464 e. The van der Waals surface area contributed by atoms with Gasteiger partial charge in [0.25, 0.3) is 0 Å². The highest BCUT2D eigenvalue weighted by Crippen LogP contribution is 2.19. The summed E-state index contributed by atoms with van der Waals surface area (Å²) in [6.45, 7) is 5.60. The Morgan fingerprint density at radius 2 is 2.16 bits per heavy atom. The fourth-order valence-corrected chi connectivity index (χ4v) is 2.93. The van der Waals surface area contributed by atoms with E-state index in [1.807, 2.05) is 6.92 Å². The zero-order valence-corrected chi connectivity index (χ0v) is 12.5. The zero-order chi connectivity index (χ0) is 14.3. The molecule has 19 heavy (non-hydrogen) atoms. The zero-order valence-electron chi connectivity index (χ0n) is 11.7. The first-order valence-corrected chi connectivity index (χ1v) is 7.81. The van der Waals surface area contributed by atoms with E-state index in [-0.39, 0.29) is 4.90 Å². The molecule has 0 saturated heterocycles. The summed E-state index contributed by atoms with van der Waals surface area (Å²) in [5, 5.41) is 2.92. The van der Waals surface area contributed by atoms with Gasteiger partial charge >= 0.3 is 0 Å². The first-order valence-electron chi connectivity index (χ1n) is 6.32. The predicted octanol–water partition coefficient (Wildman–Crippen LogP) is 1.01. The van der Waals surface area contributed by atoms with E-state index in [0.29, 0.717) is 44.2 Å². The van der Waals surface area contributed by atoms with Gasteiger partial charge < -0.3 is 14.5 Å². The van der Waals surface area contributed by atoms with E-state index < -0.39 is 10.0 Å². The highest BCUT2D eigenvalue weighted by molar-refractivity contribution is 7.89. The lowest BCUT2D eigenvalue weighted by Crippen LogP contribution is -2.25. The van der Waals surface area contributed by atoms with Gasteiger partial charge in [0.2, 0.25) is 10.0 Å². The van der Waals surface area contributed by atoms with E-state index in [1.54, 1.807) is 20.0 Å². The molecule has 110 valence electrons. The highest BCUT2D eigenvalue weighted by atomic mass is 32.2. The number of furan rings is 1. The van der Waals surface area contributed by atoms with Crippen molar-refractivity contribution in [2.45, 2.75) is 31.7 Å². The van der Waals surface area contributed by atoms with Gasteiger partial charge in [-0.2, -0.15) is 0 Å². The van der Waals surface area contributed by atoms with Gasteiger partial charge in [-0.1, -0.05) is 0 Å². The Hall–Kier alpha value is -0.890. The van der Waals surface area contributed by atoms with Crippen LogP contribution in [0.4, 0.5) is 0 Å². The molecule has 0 bridgehead atoms. The minimum atomic E-state index is -3.50. The predicted molar refractivity (Wildman–Crippen MR) is 72.5 cm³/mol. The molecule has 0 aliphatic rings. The number of hydrogen-bond acceptors (Lipinski definition) is 5. The van der Waals surface area contributed by atoms with Crippen molar-refractivity contribution in [2.24, 2.45) is 0 Å². The number of ether oxygens (including phenoxy) is 1. The molecule has 0 atom stereocenters. The van der Waals surface area contributed by atoms with E-state index in [0.717, 1.165) is 0 Å². The van der Waals surface area contributed by atoms with Crippen LogP contribution in [0.1, 0.15) is 24.9 Å². The third kappa shape index (κ3) is 4.94. The monoisotopic (exact) mass is 290 g/mol. The average Bonchev–Trinajstić information content (AvgIpc) is 2.71. The smallest absolute Gasteiger partial charge is 0.244 e. The summed E-state index contributed by atoms with van der Waals surface area (Å²) in [7, 11) is -1.73. The van der Waals surface area contributed by atoms with Gasteiger partial charge in [-0.15, -0.1) is 0 Å². The Bertz CT molecular complexity index is 482. The van der Waals surface area contributed by atoms with Gasteiger partial charge in [-0.3, -0.25) is 0 Å². The molecule has 2 N–H and O–H groups in total. The maximum atomic E-state index is 12.1. The van der Waals surface area contributed by atoms with Crippen LogP contribution in [0.5, 0.6) is 0 Å². The van der Waals surface area contributed by atoms with E-state index >= 15 is 0 Å². The molecular formula is C12H22N2O4S. The molecule has 0 spiro atoms. The quantitative estimate of drug-likeness (QED) is 0.664. The lowest BCUT2D eigenvalue weighted by Gasteiger charge is -2.05. The Labute approximate surface area is 114 Å². The first kappa shape index (κ1) is 16.2. The van der Waals surface area contributed by atoms with Gasteiger partial charge in [0.05, 0.1) is 6.54 Å². The number of nitrogens with one attached hydrogen (secondary N) is 2. The molecule has 1 aromatic heterocycles. The summed E-state index contributed by atoms with van der Waals surface area (Å²) >= 11 is 0. The van der Waals surface area contributed by atoms with Crippen molar-refractivity contribution in [2.75, 3.05) is 26.8 Å². The molecule has 0 radical (unpaired) electrons. The molecule has 0 unspecified atom stereocenters. The average molecular weight is 290 g/mol. The summed E-state index contributed by atoms with van der Waals surface area (Å²) in [4.78, 5) is 0.203. The summed E-state index contributed by atoms with van der Waals surface area (Å²) in [5.74, 6) is 1.01. The van der Waals surface area contributed by atoms with Gasteiger partial charge in [-0.05, 0) is 27.3 Å². The normalized spacial score (nSPS) is 11.9. The van der Waals surface area contributed by atoms with Crippen molar-refractivity contribution < 1.29 is 17.6 Å². The van der Waals surface area contributed by atoms with E-state index in [2.05, 4.69) is 10.0 Å². The lowest BCUT2D eigenvalue weighted by atomic mass is 10.4. The Morgan fingerprint density at radius 3 is 2.79 bits per heavy atom. The van der Waals surface area contributed by atoms with Crippen LogP contribution in [0, 0.1) is 6.92 Å². The molecule has 1 heterocycles. The van der Waals surface area contributed by atoms with Crippen LogP contribution in [0.25, 0.3) is 0 Å². The fraction of sp³-hybridized carbons (Fsp3) is 0.667. The summed E-state index contributed by atoms with van der Waals surface area (Å²) in [6.07, 6.45) is 0.646. The minimum absolute atomic E-state index is 0.203. The second-order valence-electron chi connectivity index (χ2n) is 4.11. The summed E-state index contributed by atoms with van der Waals surface area (Å²) in [5.41, 5.74) is 0. The lowest BCUT2D eigenvalue weighted by molar-refractivity contribution is 0.146. The summed E-state index contributed by atoms with van der Waals surface area (Å²) < 4.78 is 37.2.